The minimum absolute atomic E-state index is 0.0682. The number of likely N-dealkylation sites (tertiary alicyclic amines) is 1. The third-order valence-corrected chi connectivity index (χ3v) is 4.15. The molecule has 2 fully saturated rings. The van der Waals surface area contributed by atoms with Crippen molar-refractivity contribution < 1.29 is 9.90 Å². The van der Waals surface area contributed by atoms with Crippen LogP contribution >= 0.6 is 0 Å². The first-order valence-electron chi connectivity index (χ1n) is 6.82. The Kier molecular flexibility index (Phi) is 4.40. The average molecular weight is 240 g/mol. The Hall–Kier alpha value is -0.610. The predicted molar refractivity (Wildman–Crippen MR) is 66.6 cm³/mol. The van der Waals surface area contributed by atoms with Gasteiger partial charge in [-0.2, -0.15) is 0 Å². The Bertz CT molecular complexity index is 262. The predicted octanol–water partition coefficient (Wildman–Crippen LogP) is 0.748. The molecule has 2 aliphatic rings. The number of aliphatic hydroxyl groups excluding tert-OH is 1. The first-order valence-corrected chi connectivity index (χ1v) is 6.82. The van der Waals surface area contributed by atoms with E-state index in [9.17, 15) is 9.90 Å². The van der Waals surface area contributed by atoms with Crippen molar-refractivity contribution in [3.05, 3.63) is 0 Å². The van der Waals surface area contributed by atoms with Crippen LogP contribution in [-0.4, -0.2) is 47.7 Å². The van der Waals surface area contributed by atoms with Crippen molar-refractivity contribution in [2.45, 2.75) is 51.2 Å². The van der Waals surface area contributed by atoms with E-state index in [1.54, 1.807) is 6.92 Å². The monoisotopic (exact) mass is 240 g/mol. The first kappa shape index (κ1) is 12.8. The van der Waals surface area contributed by atoms with Crippen molar-refractivity contribution >= 4 is 5.91 Å². The summed E-state index contributed by atoms with van der Waals surface area (Å²) < 4.78 is 0. The highest BCUT2D eigenvalue weighted by atomic mass is 16.3. The summed E-state index contributed by atoms with van der Waals surface area (Å²) in [5, 5.41) is 13.1. The van der Waals surface area contributed by atoms with Gasteiger partial charge in [-0.05, 0) is 44.6 Å². The summed E-state index contributed by atoms with van der Waals surface area (Å²) >= 11 is 0. The lowest BCUT2D eigenvalue weighted by Crippen LogP contribution is -2.45. The number of nitrogens with zero attached hydrogens (tertiary/aromatic N) is 1. The molecule has 17 heavy (non-hydrogen) atoms. The van der Waals surface area contributed by atoms with Crippen LogP contribution in [0.15, 0.2) is 0 Å². The lowest BCUT2D eigenvalue weighted by atomic mass is 10.0. The van der Waals surface area contributed by atoms with E-state index in [-0.39, 0.29) is 12.0 Å². The summed E-state index contributed by atoms with van der Waals surface area (Å²) in [7, 11) is 0. The third kappa shape index (κ3) is 3.68. The molecule has 0 bridgehead atoms. The zero-order valence-electron chi connectivity index (χ0n) is 10.7. The van der Waals surface area contributed by atoms with Crippen LogP contribution in [0.5, 0.6) is 0 Å². The summed E-state index contributed by atoms with van der Waals surface area (Å²) in [6.45, 7) is 4.45. The summed E-state index contributed by atoms with van der Waals surface area (Å²) in [5.74, 6) is 0.846. The lowest BCUT2D eigenvalue weighted by molar-refractivity contribution is -0.129. The van der Waals surface area contributed by atoms with Crippen molar-refractivity contribution in [1.29, 1.82) is 0 Å². The molecular formula is C13H24N2O2. The molecule has 1 aliphatic carbocycles. The minimum Gasteiger partial charge on any atom is -0.393 e. The van der Waals surface area contributed by atoms with E-state index >= 15 is 0 Å². The molecule has 2 N–H and O–H groups in total. The van der Waals surface area contributed by atoms with Crippen LogP contribution in [0.3, 0.4) is 0 Å². The van der Waals surface area contributed by atoms with Crippen LogP contribution in [0.1, 0.15) is 39.0 Å². The molecule has 1 heterocycles. The number of nitrogens with one attached hydrogen (secondary N) is 1. The molecule has 1 aliphatic heterocycles. The van der Waals surface area contributed by atoms with Gasteiger partial charge in [0, 0.05) is 26.1 Å². The van der Waals surface area contributed by atoms with Gasteiger partial charge in [-0.1, -0.05) is 0 Å². The van der Waals surface area contributed by atoms with Gasteiger partial charge in [0.25, 0.3) is 0 Å². The first-order chi connectivity index (χ1) is 8.15. The van der Waals surface area contributed by atoms with E-state index in [1.165, 1.54) is 0 Å². The van der Waals surface area contributed by atoms with E-state index in [0.29, 0.717) is 12.0 Å². The van der Waals surface area contributed by atoms with Crippen molar-refractivity contribution in [3.8, 4) is 0 Å². The number of hydrogen-bond donors (Lipinski definition) is 2. The molecule has 0 aromatic carbocycles. The summed E-state index contributed by atoms with van der Waals surface area (Å²) in [4.78, 5) is 13.1. The standard InChI is InChI=1S/C13H24N2O2/c1-10(16)15-6-4-12(5-7-15)14-9-11-2-3-13(17)8-11/h11-14,17H,2-9H2,1H3. The van der Waals surface area contributed by atoms with Gasteiger partial charge in [-0.25, -0.2) is 0 Å². The maximum absolute atomic E-state index is 11.2. The topological polar surface area (TPSA) is 52.6 Å². The smallest absolute Gasteiger partial charge is 0.219 e. The van der Waals surface area contributed by atoms with Crippen LogP contribution in [0, 0.1) is 5.92 Å². The normalized spacial score (nSPS) is 30.8. The van der Waals surface area contributed by atoms with Gasteiger partial charge in [0.05, 0.1) is 6.10 Å². The molecule has 98 valence electrons. The molecule has 0 spiro atoms. The number of hydrogen-bond acceptors (Lipinski definition) is 3. The molecule has 2 unspecified atom stereocenters. The second kappa shape index (κ2) is 5.83. The van der Waals surface area contributed by atoms with E-state index in [4.69, 9.17) is 0 Å². The van der Waals surface area contributed by atoms with Crippen molar-refractivity contribution in [2.24, 2.45) is 5.92 Å². The Balaban J connectivity index is 1.63. The molecular weight excluding hydrogens is 216 g/mol. The zero-order valence-corrected chi connectivity index (χ0v) is 10.7. The molecule has 2 atom stereocenters. The van der Waals surface area contributed by atoms with E-state index < -0.39 is 0 Å². The van der Waals surface area contributed by atoms with E-state index in [1.807, 2.05) is 4.90 Å². The highest BCUT2D eigenvalue weighted by Gasteiger charge is 2.25. The van der Waals surface area contributed by atoms with Gasteiger partial charge in [0.1, 0.15) is 0 Å². The Morgan fingerprint density at radius 1 is 1.29 bits per heavy atom. The molecule has 1 saturated heterocycles. The van der Waals surface area contributed by atoms with Crippen molar-refractivity contribution in [3.63, 3.8) is 0 Å². The quantitative estimate of drug-likeness (QED) is 0.765. The molecule has 4 nitrogen and oxygen atoms in total. The summed E-state index contributed by atoms with van der Waals surface area (Å²) in [6.07, 6.45) is 5.14. The fourth-order valence-electron chi connectivity index (χ4n) is 2.97. The maximum Gasteiger partial charge on any atom is 0.219 e. The molecule has 2 rings (SSSR count). The largest absolute Gasteiger partial charge is 0.393 e. The number of rotatable bonds is 3. The third-order valence-electron chi connectivity index (χ3n) is 4.15. The Labute approximate surface area is 103 Å². The van der Waals surface area contributed by atoms with Crippen molar-refractivity contribution in [1.82, 2.24) is 10.2 Å². The highest BCUT2D eigenvalue weighted by molar-refractivity contribution is 5.73. The van der Waals surface area contributed by atoms with Crippen LogP contribution in [-0.2, 0) is 4.79 Å². The van der Waals surface area contributed by atoms with Gasteiger partial charge in [0.2, 0.25) is 5.91 Å². The second-order valence-corrected chi connectivity index (χ2v) is 5.52. The van der Waals surface area contributed by atoms with E-state index in [2.05, 4.69) is 5.32 Å². The second-order valence-electron chi connectivity index (χ2n) is 5.52. The average Bonchev–Trinajstić information content (AvgIpc) is 2.73. The summed E-state index contributed by atoms with van der Waals surface area (Å²) in [5.41, 5.74) is 0. The van der Waals surface area contributed by atoms with Gasteiger partial charge in [-0.3, -0.25) is 4.79 Å². The van der Waals surface area contributed by atoms with E-state index in [0.717, 1.165) is 51.7 Å². The Morgan fingerprint density at radius 3 is 2.53 bits per heavy atom. The van der Waals surface area contributed by atoms with Crippen LogP contribution in [0.4, 0.5) is 0 Å². The fourth-order valence-corrected chi connectivity index (χ4v) is 2.97. The molecule has 1 amide bonds. The van der Waals surface area contributed by atoms with Gasteiger partial charge in [0.15, 0.2) is 0 Å². The number of piperidine rings is 1. The van der Waals surface area contributed by atoms with Gasteiger partial charge in [-0.15, -0.1) is 0 Å². The van der Waals surface area contributed by atoms with Crippen LogP contribution in [0.25, 0.3) is 0 Å². The number of carbonyl (C=O) groups is 1. The molecule has 0 aromatic rings. The lowest BCUT2D eigenvalue weighted by Gasteiger charge is -2.32. The van der Waals surface area contributed by atoms with Crippen LogP contribution < -0.4 is 5.32 Å². The minimum atomic E-state index is -0.0682. The molecule has 0 radical (unpaired) electrons. The summed E-state index contributed by atoms with van der Waals surface area (Å²) in [6, 6.07) is 0.559. The fraction of sp³-hybridized carbons (Fsp3) is 0.923. The Morgan fingerprint density at radius 2 is 2.00 bits per heavy atom. The zero-order chi connectivity index (χ0) is 12.3. The van der Waals surface area contributed by atoms with Crippen molar-refractivity contribution in [2.75, 3.05) is 19.6 Å². The number of amides is 1. The highest BCUT2D eigenvalue weighted by Crippen LogP contribution is 2.25. The van der Waals surface area contributed by atoms with Crippen LogP contribution in [0.2, 0.25) is 0 Å². The van der Waals surface area contributed by atoms with Gasteiger partial charge >= 0.3 is 0 Å². The molecule has 4 heteroatoms. The van der Waals surface area contributed by atoms with Gasteiger partial charge < -0.3 is 15.3 Å². The molecule has 0 aromatic heterocycles. The number of carbonyl (C=O) groups excluding carboxylic acids is 1. The maximum atomic E-state index is 11.2. The number of aliphatic hydroxyl groups is 1. The SMILES string of the molecule is CC(=O)N1CCC(NCC2CCC(O)C2)CC1. The molecule has 1 saturated carbocycles.